The summed E-state index contributed by atoms with van der Waals surface area (Å²) in [7, 11) is 2.17. The number of aromatic nitrogens is 1. The molecule has 0 N–H and O–H groups in total. The Balaban J connectivity index is 1.69. The monoisotopic (exact) mass is 390 g/mol. The molecule has 3 aliphatic rings. The number of rotatable bonds is 0. The van der Waals surface area contributed by atoms with Crippen molar-refractivity contribution in [1.82, 2.24) is 0 Å². The van der Waals surface area contributed by atoms with E-state index in [9.17, 15) is 0 Å². The smallest absolute Gasteiger partial charge is 0.200 e. The van der Waals surface area contributed by atoms with Crippen LogP contribution in [-0.2, 0) is 7.05 Å². The van der Waals surface area contributed by atoms with E-state index in [0.29, 0.717) is 11.8 Å². The number of hydrogen-bond acceptors (Lipinski definition) is 1. The van der Waals surface area contributed by atoms with Gasteiger partial charge >= 0.3 is 0 Å². The maximum Gasteiger partial charge on any atom is 0.231 e. The van der Waals surface area contributed by atoms with Gasteiger partial charge in [-0.15, -0.1) is 11.3 Å². The lowest BCUT2D eigenvalue weighted by molar-refractivity contribution is -0.644. The van der Waals surface area contributed by atoms with Gasteiger partial charge < -0.3 is 0 Å². The molecule has 0 amide bonds. The fraction of sp³-hybridized carbons (Fsp3) is 0.148. The third-order valence-corrected chi connectivity index (χ3v) is 8.15. The van der Waals surface area contributed by atoms with Crippen LogP contribution < -0.4 is 4.57 Å². The van der Waals surface area contributed by atoms with Crippen molar-refractivity contribution in [1.29, 1.82) is 0 Å². The van der Waals surface area contributed by atoms with Gasteiger partial charge in [0.2, 0.25) is 5.52 Å². The second-order valence-electron chi connectivity index (χ2n) is 8.46. The Bertz CT molecular complexity index is 1440. The highest BCUT2D eigenvalue weighted by Gasteiger charge is 2.42. The average Bonchev–Trinajstić information content (AvgIpc) is 3.15. The maximum absolute atomic E-state index is 2.49. The molecule has 0 atom stereocenters. The number of pyridine rings is 1. The summed E-state index contributed by atoms with van der Waals surface area (Å²) in [6, 6.07) is 25.1. The minimum absolute atomic E-state index is 0.337. The summed E-state index contributed by atoms with van der Waals surface area (Å²) in [6.07, 6.45) is 2.17. The van der Waals surface area contributed by atoms with Crippen molar-refractivity contribution in [3.8, 4) is 0 Å². The molecule has 0 radical (unpaired) electrons. The summed E-state index contributed by atoms with van der Waals surface area (Å²) in [5.74, 6) is 0.688. The first-order valence-corrected chi connectivity index (χ1v) is 11.1. The van der Waals surface area contributed by atoms with E-state index in [1.54, 1.807) is 5.56 Å². The standard InChI is InChI=1S/C27H20NS/c1-15-14-20-23-16-8-3-5-10-18(16)24(19-11-6-4-9-17(19)23)25(20)27-22(15)26-21(29-27)12-7-13-28(26)2/h3-14,23-24H,1-2H3/q+1. The minimum atomic E-state index is 0.337. The molecular weight excluding hydrogens is 370 g/mol. The predicted octanol–water partition coefficient (Wildman–Crippen LogP) is 6.17. The average molecular weight is 391 g/mol. The number of aryl methyl sites for hydroxylation is 2. The number of benzene rings is 3. The summed E-state index contributed by atoms with van der Waals surface area (Å²) in [6.45, 7) is 2.29. The summed E-state index contributed by atoms with van der Waals surface area (Å²) in [5.41, 5.74) is 11.8. The highest BCUT2D eigenvalue weighted by molar-refractivity contribution is 7.26. The molecule has 2 aromatic heterocycles. The molecule has 5 aromatic rings. The maximum atomic E-state index is 2.49. The van der Waals surface area contributed by atoms with Gasteiger partial charge in [0.15, 0.2) is 6.20 Å². The van der Waals surface area contributed by atoms with E-state index in [0.717, 1.165) is 0 Å². The van der Waals surface area contributed by atoms with E-state index < -0.39 is 0 Å². The molecule has 3 aromatic carbocycles. The molecule has 29 heavy (non-hydrogen) atoms. The Morgan fingerprint density at radius 2 is 1.38 bits per heavy atom. The first-order valence-electron chi connectivity index (χ1n) is 10.3. The molecule has 2 heterocycles. The largest absolute Gasteiger partial charge is 0.231 e. The zero-order chi connectivity index (χ0) is 19.3. The van der Waals surface area contributed by atoms with Gasteiger partial charge in [-0.25, -0.2) is 0 Å². The Hall–Kier alpha value is -2.97. The molecule has 0 aliphatic heterocycles. The van der Waals surface area contributed by atoms with Gasteiger partial charge in [0.05, 0.1) is 5.39 Å². The molecule has 0 spiro atoms. The van der Waals surface area contributed by atoms with Gasteiger partial charge in [-0.3, -0.25) is 0 Å². The van der Waals surface area contributed by atoms with E-state index in [1.807, 2.05) is 11.3 Å². The molecule has 138 valence electrons. The van der Waals surface area contributed by atoms with Crippen LogP contribution in [-0.4, -0.2) is 0 Å². The van der Waals surface area contributed by atoms with Gasteiger partial charge in [0.1, 0.15) is 11.7 Å². The summed E-state index contributed by atoms with van der Waals surface area (Å²) in [5, 5.41) is 1.44. The molecule has 1 nitrogen and oxygen atoms in total. The third kappa shape index (κ3) is 1.84. The van der Waals surface area contributed by atoms with E-state index >= 15 is 0 Å². The van der Waals surface area contributed by atoms with Crippen LogP contribution in [0, 0.1) is 6.92 Å². The molecule has 0 saturated carbocycles. The quantitative estimate of drug-likeness (QED) is 0.272. The highest BCUT2D eigenvalue weighted by Crippen LogP contribution is 2.58. The predicted molar refractivity (Wildman–Crippen MR) is 120 cm³/mol. The summed E-state index contributed by atoms with van der Waals surface area (Å²) < 4.78 is 5.15. The summed E-state index contributed by atoms with van der Waals surface area (Å²) in [4.78, 5) is 0. The topological polar surface area (TPSA) is 3.88 Å². The fourth-order valence-electron chi connectivity index (χ4n) is 5.90. The lowest BCUT2D eigenvalue weighted by Gasteiger charge is -2.42. The van der Waals surface area contributed by atoms with Crippen molar-refractivity contribution < 1.29 is 4.57 Å². The SMILES string of the molecule is Cc1cc2c(c3sc4ccc[n+](C)c4c13)C1c3ccccc3C2c2ccccc21. The molecule has 2 bridgehead atoms. The van der Waals surface area contributed by atoms with Gasteiger partial charge in [-0.1, -0.05) is 54.6 Å². The van der Waals surface area contributed by atoms with Crippen LogP contribution >= 0.6 is 11.3 Å². The van der Waals surface area contributed by atoms with Crippen LogP contribution in [0.3, 0.4) is 0 Å². The van der Waals surface area contributed by atoms with Crippen molar-refractivity contribution in [3.05, 3.63) is 112 Å². The fourth-order valence-corrected chi connectivity index (χ4v) is 7.31. The van der Waals surface area contributed by atoms with Crippen LogP contribution in [0.25, 0.3) is 20.3 Å². The van der Waals surface area contributed by atoms with Crippen molar-refractivity contribution in [2.24, 2.45) is 7.05 Å². The Morgan fingerprint density at radius 3 is 2.03 bits per heavy atom. The highest BCUT2D eigenvalue weighted by atomic mass is 32.1. The zero-order valence-corrected chi connectivity index (χ0v) is 17.3. The second kappa shape index (κ2) is 5.34. The van der Waals surface area contributed by atoms with Crippen molar-refractivity contribution in [2.45, 2.75) is 18.8 Å². The van der Waals surface area contributed by atoms with Crippen LogP contribution in [0.1, 0.15) is 50.8 Å². The molecule has 2 heteroatoms. The number of thiophene rings is 1. The molecular formula is C27H20NS+. The van der Waals surface area contributed by atoms with E-state index in [-0.39, 0.29) is 0 Å². The van der Waals surface area contributed by atoms with Crippen molar-refractivity contribution in [3.63, 3.8) is 0 Å². The number of hydrogen-bond donors (Lipinski definition) is 0. The van der Waals surface area contributed by atoms with E-state index in [4.69, 9.17) is 0 Å². The van der Waals surface area contributed by atoms with Gasteiger partial charge in [0, 0.05) is 22.6 Å². The minimum Gasteiger partial charge on any atom is -0.200 e. The first-order chi connectivity index (χ1) is 14.2. The third-order valence-electron chi connectivity index (χ3n) is 6.98. The molecule has 8 rings (SSSR count). The van der Waals surface area contributed by atoms with Crippen LogP contribution in [0.4, 0.5) is 0 Å². The molecule has 0 fully saturated rings. The van der Waals surface area contributed by atoms with E-state index in [2.05, 4.69) is 91.5 Å². The van der Waals surface area contributed by atoms with Crippen LogP contribution in [0.15, 0.2) is 72.9 Å². The van der Waals surface area contributed by atoms with Crippen LogP contribution in [0.2, 0.25) is 0 Å². The number of nitrogens with zero attached hydrogens (tertiary/aromatic N) is 1. The Labute approximate surface area is 173 Å². The summed E-state index contributed by atoms with van der Waals surface area (Å²) >= 11 is 1.97. The molecule has 0 unspecified atom stereocenters. The number of fused-ring (bicyclic) bond motifs is 3. The lowest BCUT2D eigenvalue weighted by atomic mass is 9.61. The van der Waals surface area contributed by atoms with Crippen molar-refractivity contribution in [2.75, 3.05) is 0 Å². The van der Waals surface area contributed by atoms with Gasteiger partial charge in [-0.05, 0) is 51.9 Å². The Morgan fingerprint density at radius 1 is 0.759 bits per heavy atom. The van der Waals surface area contributed by atoms with Crippen molar-refractivity contribution >= 4 is 31.6 Å². The van der Waals surface area contributed by atoms with Gasteiger partial charge in [-0.2, -0.15) is 4.57 Å². The second-order valence-corrected chi connectivity index (χ2v) is 9.51. The first kappa shape index (κ1) is 15.9. The molecule has 3 aliphatic carbocycles. The zero-order valence-electron chi connectivity index (χ0n) is 16.4. The van der Waals surface area contributed by atoms with E-state index in [1.165, 1.54) is 53.7 Å². The normalized spacial score (nSPS) is 18.7. The lowest BCUT2D eigenvalue weighted by Crippen LogP contribution is -2.28. The Kier molecular flexibility index (Phi) is 2.93. The van der Waals surface area contributed by atoms with Gasteiger partial charge in [0.25, 0.3) is 0 Å². The molecule has 0 saturated heterocycles. The van der Waals surface area contributed by atoms with Crippen LogP contribution in [0.5, 0.6) is 0 Å².